The highest BCUT2D eigenvalue weighted by atomic mass is 19.1. The van der Waals surface area contributed by atoms with Crippen molar-refractivity contribution in [3.8, 4) is 6.07 Å². The maximum atomic E-state index is 13.2. The van der Waals surface area contributed by atoms with Gasteiger partial charge in [0.1, 0.15) is 11.9 Å². The average Bonchev–Trinajstić information content (AvgIpc) is 2.29. The third kappa shape index (κ3) is 3.04. The summed E-state index contributed by atoms with van der Waals surface area (Å²) in [5.41, 5.74) is 5.40. The molecule has 0 aromatic heterocycles. The highest BCUT2D eigenvalue weighted by molar-refractivity contribution is 5.94. The number of hydrogen-bond acceptors (Lipinski definition) is 3. The number of carbonyl (C=O) groups excluding carboxylic acids is 1. The number of hydrogen-bond donors (Lipinski definition) is 2. The summed E-state index contributed by atoms with van der Waals surface area (Å²) in [5, 5.41) is 11.1. The van der Waals surface area contributed by atoms with E-state index in [0.29, 0.717) is 19.5 Å². The van der Waals surface area contributed by atoms with Crippen LogP contribution in [0.4, 0.5) is 4.39 Å². The molecule has 1 aromatic carbocycles. The molecule has 0 aliphatic rings. The fourth-order valence-corrected chi connectivity index (χ4v) is 1.15. The molecular weight excluding hydrogens is 209 g/mol. The molecule has 0 aliphatic heterocycles. The smallest absolute Gasteiger partial charge is 0.251 e. The second-order valence-corrected chi connectivity index (χ2v) is 3.20. The van der Waals surface area contributed by atoms with E-state index in [-0.39, 0.29) is 17.0 Å². The number of amides is 1. The Morgan fingerprint density at radius 3 is 2.88 bits per heavy atom. The van der Waals surface area contributed by atoms with Crippen LogP contribution in [0.25, 0.3) is 0 Å². The van der Waals surface area contributed by atoms with Gasteiger partial charge in [0, 0.05) is 12.1 Å². The van der Waals surface area contributed by atoms with Gasteiger partial charge in [-0.25, -0.2) is 4.39 Å². The van der Waals surface area contributed by atoms with E-state index in [4.69, 9.17) is 11.0 Å². The fraction of sp³-hybridized carbons (Fsp3) is 0.273. The summed E-state index contributed by atoms with van der Waals surface area (Å²) in [6.07, 6.45) is 0.671. The number of nitriles is 1. The number of carbonyl (C=O) groups is 1. The second-order valence-electron chi connectivity index (χ2n) is 3.20. The first-order valence-electron chi connectivity index (χ1n) is 4.87. The van der Waals surface area contributed by atoms with Crippen molar-refractivity contribution < 1.29 is 9.18 Å². The summed E-state index contributed by atoms with van der Waals surface area (Å²) in [6.45, 7) is 0.943. The van der Waals surface area contributed by atoms with Crippen LogP contribution in [0.3, 0.4) is 0 Å². The van der Waals surface area contributed by atoms with Crippen LogP contribution in [0.15, 0.2) is 18.2 Å². The molecule has 0 saturated carbocycles. The lowest BCUT2D eigenvalue weighted by atomic mass is 10.1. The Balaban J connectivity index is 2.70. The van der Waals surface area contributed by atoms with Crippen molar-refractivity contribution in [3.05, 3.63) is 35.1 Å². The molecule has 0 fully saturated rings. The van der Waals surface area contributed by atoms with Gasteiger partial charge in [-0.1, -0.05) is 0 Å². The highest BCUT2D eigenvalue weighted by Crippen LogP contribution is 2.09. The van der Waals surface area contributed by atoms with E-state index in [1.165, 1.54) is 12.1 Å². The molecule has 1 aromatic rings. The van der Waals surface area contributed by atoms with Gasteiger partial charge in [0.25, 0.3) is 5.91 Å². The van der Waals surface area contributed by atoms with Gasteiger partial charge in [-0.2, -0.15) is 5.26 Å². The Labute approximate surface area is 92.9 Å². The van der Waals surface area contributed by atoms with E-state index in [0.717, 1.165) is 6.07 Å². The number of nitrogens with one attached hydrogen (secondary N) is 1. The van der Waals surface area contributed by atoms with Crippen LogP contribution in [0.1, 0.15) is 22.3 Å². The van der Waals surface area contributed by atoms with Gasteiger partial charge < -0.3 is 11.1 Å². The van der Waals surface area contributed by atoms with Gasteiger partial charge in [0.05, 0.1) is 5.56 Å². The quantitative estimate of drug-likeness (QED) is 0.737. The van der Waals surface area contributed by atoms with Gasteiger partial charge >= 0.3 is 0 Å². The maximum absolute atomic E-state index is 13.2. The highest BCUT2D eigenvalue weighted by Gasteiger charge is 2.08. The fourth-order valence-electron chi connectivity index (χ4n) is 1.15. The lowest BCUT2D eigenvalue weighted by Crippen LogP contribution is -2.26. The molecule has 84 valence electrons. The van der Waals surface area contributed by atoms with Crippen molar-refractivity contribution in [2.75, 3.05) is 13.1 Å². The van der Waals surface area contributed by atoms with Crippen LogP contribution in [0.5, 0.6) is 0 Å². The third-order valence-electron chi connectivity index (χ3n) is 2.02. The van der Waals surface area contributed by atoms with Gasteiger partial charge in [-0.05, 0) is 31.2 Å². The first-order chi connectivity index (χ1) is 7.69. The van der Waals surface area contributed by atoms with E-state index in [9.17, 15) is 9.18 Å². The monoisotopic (exact) mass is 221 g/mol. The Bertz CT molecular complexity index is 426. The van der Waals surface area contributed by atoms with E-state index in [1.54, 1.807) is 6.07 Å². The molecule has 0 heterocycles. The van der Waals surface area contributed by atoms with E-state index in [2.05, 4.69) is 5.32 Å². The zero-order valence-electron chi connectivity index (χ0n) is 8.66. The van der Waals surface area contributed by atoms with E-state index < -0.39 is 5.82 Å². The number of rotatable bonds is 4. The zero-order valence-corrected chi connectivity index (χ0v) is 8.66. The molecule has 1 amide bonds. The van der Waals surface area contributed by atoms with E-state index in [1.807, 2.05) is 0 Å². The maximum Gasteiger partial charge on any atom is 0.251 e. The molecule has 5 heteroatoms. The summed E-state index contributed by atoms with van der Waals surface area (Å²) >= 11 is 0. The average molecular weight is 221 g/mol. The minimum atomic E-state index is -0.686. The molecule has 4 nitrogen and oxygen atoms in total. The summed E-state index contributed by atoms with van der Waals surface area (Å²) in [7, 11) is 0. The van der Waals surface area contributed by atoms with Crippen molar-refractivity contribution in [2.45, 2.75) is 6.42 Å². The van der Waals surface area contributed by atoms with Crippen LogP contribution in [0, 0.1) is 17.1 Å². The number of nitrogens with zero attached hydrogens (tertiary/aromatic N) is 1. The largest absolute Gasteiger partial charge is 0.352 e. The molecule has 0 bridgehead atoms. The normalized spacial score (nSPS) is 9.56. The minimum absolute atomic E-state index is 0.0708. The molecular formula is C11H12FN3O. The molecule has 0 atom stereocenters. The Morgan fingerprint density at radius 2 is 2.31 bits per heavy atom. The summed E-state index contributed by atoms with van der Waals surface area (Å²) in [5.74, 6) is -1.05. The topological polar surface area (TPSA) is 78.9 Å². The van der Waals surface area contributed by atoms with Crippen molar-refractivity contribution in [3.63, 3.8) is 0 Å². The molecule has 0 saturated heterocycles. The van der Waals surface area contributed by atoms with Gasteiger partial charge in [0.15, 0.2) is 0 Å². The summed E-state index contributed by atoms with van der Waals surface area (Å²) < 4.78 is 13.2. The summed E-state index contributed by atoms with van der Waals surface area (Å²) in [4.78, 5) is 11.5. The summed E-state index contributed by atoms with van der Waals surface area (Å²) in [6, 6.07) is 5.44. The minimum Gasteiger partial charge on any atom is -0.352 e. The SMILES string of the molecule is N#Cc1ccc(C(=O)NCCCN)cc1F. The van der Waals surface area contributed by atoms with Crippen LogP contribution in [-0.2, 0) is 0 Å². The van der Waals surface area contributed by atoms with Crippen LogP contribution in [-0.4, -0.2) is 19.0 Å². The van der Waals surface area contributed by atoms with Crippen molar-refractivity contribution in [1.29, 1.82) is 5.26 Å². The Hall–Kier alpha value is -1.93. The van der Waals surface area contributed by atoms with Crippen LogP contribution >= 0.6 is 0 Å². The molecule has 0 radical (unpaired) electrons. The second kappa shape index (κ2) is 5.83. The predicted molar refractivity (Wildman–Crippen MR) is 57.1 cm³/mol. The first kappa shape index (κ1) is 12.1. The Kier molecular flexibility index (Phi) is 4.42. The van der Waals surface area contributed by atoms with Gasteiger partial charge in [-0.3, -0.25) is 4.79 Å². The number of benzene rings is 1. The lowest BCUT2D eigenvalue weighted by molar-refractivity contribution is 0.0953. The van der Waals surface area contributed by atoms with Crippen LogP contribution < -0.4 is 11.1 Å². The molecule has 0 unspecified atom stereocenters. The molecule has 0 aliphatic carbocycles. The van der Waals surface area contributed by atoms with E-state index >= 15 is 0 Å². The molecule has 1 rings (SSSR count). The molecule has 3 N–H and O–H groups in total. The third-order valence-corrected chi connectivity index (χ3v) is 2.02. The molecule has 0 spiro atoms. The van der Waals surface area contributed by atoms with Crippen molar-refractivity contribution in [2.24, 2.45) is 5.73 Å². The van der Waals surface area contributed by atoms with Crippen molar-refractivity contribution in [1.82, 2.24) is 5.32 Å². The molecule has 16 heavy (non-hydrogen) atoms. The van der Waals surface area contributed by atoms with Crippen LogP contribution in [0.2, 0.25) is 0 Å². The zero-order chi connectivity index (χ0) is 12.0. The Morgan fingerprint density at radius 1 is 1.56 bits per heavy atom. The van der Waals surface area contributed by atoms with Crippen molar-refractivity contribution >= 4 is 5.91 Å². The van der Waals surface area contributed by atoms with Gasteiger partial charge in [0.2, 0.25) is 0 Å². The number of halogens is 1. The number of nitrogens with two attached hydrogens (primary N) is 1. The standard InChI is InChI=1S/C11H12FN3O/c12-10-6-8(2-3-9(10)7-14)11(16)15-5-1-4-13/h2-3,6H,1,4-5,13H2,(H,15,16). The first-order valence-corrected chi connectivity index (χ1v) is 4.87. The van der Waals surface area contributed by atoms with Gasteiger partial charge in [-0.15, -0.1) is 0 Å². The lowest BCUT2D eigenvalue weighted by Gasteiger charge is -2.04. The predicted octanol–water partition coefficient (Wildman–Crippen LogP) is 0.776.